The van der Waals surface area contributed by atoms with E-state index < -0.39 is 0 Å². The summed E-state index contributed by atoms with van der Waals surface area (Å²) in [5, 5.41) is 0. The summed E-state index contributed by atoms with van der Waals surface area (Å²) in [5.74, 6) is -0.102. The summed E-state index contributed by atoms with van der Waals surface area (Å²) in [4.78, 5) is 0. The maximum Gasteiger partial charge on any atom is 0.165 e. The van der Waals surface area contributed by atoms with E-state index in [0.717, 1.165) is 5.56 Å². The molecule has 0 spiro atoms. The highest BCUT2D eigenvalue weighted by Crippen LogP contribution is 2.21. The minimum Gasteiger partial charge on any atom is -0.490 e. The van der Waals surface area contributed by atoms with Crippen molar-refractivity contribution in [2.75, 3.05) is 6.61 Å². The van der Waals surface area contributed by atoms with Gasteiger partial charge in [0, 0.05) is 6.04 Å². The molecule has 3 heteroatoms. The van der Waals surface area contributed by atoms with E-state index in [4.69, 9.17) is 10.5 Å². The molecule has 0 unspecified atom stereocenters. The van der Waals surface area contributed by atoms with Crippen molar-refractivity contribution < 1.29 is 9.13 Å². The first-order valence-corrected chi connectivity index (χ1v) is 4.94. The maximum absolute atomic E-state index is 13.4. The first-order chi connectivity index (χ1) is 7.15. The molecule has 1 aromatic carbocycles. The molecule has 1 atom stereocenters. The Morgan fingerprint density at radius 1 is 1.60 bits per heavy atom. The van der Waals surface area contributed by atoms with Gasteiger partial charge in [-0.1, -0.05) is 12.1 Å². The van der Waals surface area contributed by atoms with Crippen LogP contribution in [0.15, 0.2) is 30.9 Å². The number of benzene rings is 1. The summed E-state index contributed by atoms with van der Waals surface area (Å²) < 4.78 is 18.7. The van der Waals surface area contributed by atoms with Gasteiger partial charge in [0.15, 0.2) is 11.6 Å². The first kappa shape index (κ1) is 11.7. The molecule has 1 rings (SSSR count). The number of ether oxygens (including phenoxy) is 1. The number of nitrogens with two attached hydrogens (primary N) is 1. The van der Waals surface area contributed by atoms with Crippen LogP contribution in [-0.4, -0.2) is 6.61 Å². The van der Waals surface area contributed by atoms with Crippen molar-refractivity contribution in [3.8, 4) is 5.75 Å². The van der Waals surface area contributed by atoms with Gasteiger partial charge in [-0.2, -0.15) is 0 Å². The van der Waals surface area contributed by atoms with Gasteiger partial charge in [0.1, 0.15) is 0 Å². The van der Waals surface area contributed by atoms with Crippen molar-refractivity contribution in [3.05, 3.63) is 42.2 Å². The van der Waals surface area contributed by atoms with Crippen LogP contribution >= 0.6 is 0 Å². The Bertz CT molecular complexity index is 336. The zero-order valence-electron chi connectivity index (χ0n) is 8.87. The van der Waals surface area contributed by atoms with Crippen molar-refractivity contribution in [3.63, 3.8) is 0 Å². The lowest BCUT2D eigenvalue weighted by molar-refractivity contribution is 0.308. The predicted molar refractivity (Wildman–Crippen MR) is 59.3 cm³/mol. The monoisotopic (exact) mass is 209 g/mol. The highest BCUT2D eigenvalue weighted by Gasteiger charge is 2.06. The quantitative estimate of drug-likeness (QED) is 0.597. The second-order valence-electron chi connectivity index (χ2n) is 3.40. The highest BCUT2D eigenvalue weighted by molar-refractivity contribution is 5.30. The fourth-order valence-corrected chi connectivity index (χ4v) is 1.17. The van der Waals surface area contributed by atoms with E-state index in [1.807, 2.05) is 6.92 Å². The second-order valence-corrected chi connectivity index (χ2v) is 3.40. The zero-order chi connectivity index (χ0) is 11.3. The van der Waals surface area contributed by atoms with Crippen LogP contribution in [0.4, 0.5) is 4.39 Å². The average molecular weight is 209 g/mol. The molecule has 0 aliphatic heterocycles. The lowest BCUT2D eigenvalue weighted by Crippen LogP contribution is -2.06. The Morgan fingerprint density at radius 2 is 2.33 bits per heavy atom. The molecular formula is C12H16FNO. The molecule has 0 radical (unpaired) electrons. The highest BCUT2D eigenvalue weighted by atomic mass is 19.1. The molecule has 0 bridgehead atoms. The zero-order valence-corrected chi connectivity index (χ0v) is 8.87. The van der Waals surface area contributed by atoms with Crippen molar-refractivity contribution in [1.29, 1.82) is 0 Å². The summed E-state index contributed by atoms with van der Waals surface area (Å²) in [6.07, 6.45) is 2.43. The standard InChI is InChI=1S/C12H16FNO/c1-3-4-7-15-12-6-5-10(9(2)14)8-11(12)13/h3,5-6,8-9H,1,4,7,14H2,2H3/t9-/m0/s1. The van der Waals surface area contributed by atoms with Gasteiger partial charge in [-0.3, -0.25) is 0 Å². The smallest absolute Gasteiger partial charge is 0.165 e. The molecule has 0 fully saturated rings. The summed E-state index contributed by atoms with van der Waals surface area (Å²) in [7, 11) is 0. The third-order valence-corrected chi connectivity index (χ3v) is 2.06. The van der Waals surface area contributed by atoms with Crippen LogP contribution in [0.1, 0.15) is 24.9 Å². The molecule has 0 saturated heterocycles. The van der Waals surface area contributed by atoms with E-state index in [-0.39, 0.29) is 17.6 Å². The molecule has 15 heavy (non-hydrogen) atoms. The molecule has 0 aromatic heterocycles. The van der Waals surface area contributed by atoms with Crippen molar-refractivity contribution in [2.24, 2.45) is 5.73 Å². The minimum absolute atomic E-state index is 0.165. The molecule has 2 nitrogen and oxygen atoms in total. The fourth-order valence-electron chi connectivity index (χ4n) is 1.17. The van der Waals surface area contributed by atoms with Gasteiger partial charge < -0.3 is 10.5 Å². The number of hydrogen-bond acceptors (Lipinski definition) is 2. The van der Waals surface area contributed by atoms with Gasteiger partial charge in [0.05, 0.1) is 6.61 Å². The van der Waals surface area contributed by atoms with Gasteiger partial charge in [0.25, 0.3) is 0 Å². The Hall–Kier alpha value is -1.35. The molecule has 0 aliphatic rings. The van der Waals surface area contributed by atoms with E-state index in [0.29, 0.717) is 13.0 Å². The Labute approximate surface area is 89.6 Å². The Kier molecular flexibility index (Phi) is 4.31. The second kappa shape index (κ2) is 5.51. The van der Waals surface area contributed by atoms with Crippen LogP contribution in [0.2, 0.25) is 0 Å². The SMILES string of the molecule is C=CCCOc1ccc([C@H](C)N)cc1F. The topological polar surface area (TPSA) is 35.2 Å². The van der Waals surface area contributed by atoms with Crippen molar-refractivity contribution in [2.45, 2.75) is 19.4 Å². The van der Waals surface area contributed by atoms with Gasteiger partial charge in [-0.05, 0) is 31.0 Å². The summed E-state index contributed by atoms with van der Waals surface area (Å²) in [5.41, 5.74) is 6.40. The van der Waals surface area contributed by atoms with Gasteiger partial charge in [-0.25, -0.2) is 4.39 Å². The third-order valence-electron chi connectivity index (χ3n) is 2.06. The van der Waals surface area contributed by atoms with Crippen LogP contribution in [0.25, 0.3) is 0 Å². The molecule has 0 saturated carbocycles. The predicted octanol–water partition coefficient (Wildman–Crippen LogP) is 2.80. The van der Waals surface area contributed by atoms with E-state index in [1.54, 1.807) is 18.2 Å². The van der Waals surface area contributed by atoms with E-state index >= 15 is 0 Å². The van der Waals surface area contributed by atoms with Crippen molar-refractivity contribution >= 4 is 0 Å². The largest absolute Gasteiger partial charge is 0.490 e. The van der Waals surface area contributed by atoms with E-state index in [1.165, 1.54) is 6.07 Å². The summed E-state index contributed by atoms with van der Waals surface area (Å²) >= 11 is 0. The first-order valence-electron chi connectivity index (χ1n) is 4.94. The minimum atomic E-state index is -0.367. The Balaban J connectivity index is 2.70. The number of halogens is 1. The normalized spacial score (nSPS) is 12.2. The average Bonchev–Trinajstić information content (AvgIpc) is 2.20. The van der Waals surface area contributed by atoms with Gasteiger partial charge in [-0.15, -0.1) is 6.58 Å². The van der Waals surface area contributed by atoms with Crippen molar-refractivity contribution in [1.82, 2.24) is 0 Å². The maximum atomic E-state index is 13.4. The number of hydrogen-bond donors (Lipinski definition) is 1. The molecule has 0 aliphatic carbocycles. The van der Waals surface area contributed by atoms with Gasteiger partial charge >= 0.3 is 0 Å². The Morgan fingerprint density at radius 3 is 2.87 bits per heavy atom. The lowest BCUT2D eigenvalue weighted by atomic mass is 10.1. The van der Waals surface area contributed by atoms with Crippen LogP contribution < -0.4 is 10.5 Å². The molecule has 82 valence electrons. The third kappa shape index (κ3) is 3.36. The van der Waals surface area contributed by atoms with Crippen LogP contribution in [-0.2, 0) is 0 Å². The molecule has 1 aromatic rings. The summed E-state index contributed by atoms with van der Waals surface area (Å²) in [6, 6.07) is 4.63. The van der Waals surface area contributed by atoms with Gasteiger partial charge in [0.2, 0.25) is 0 Å². The molecule has 0 amide bonds. The fraction of sp³-hybridized carbons (Fsp3) is 0.333. The van der Waals surface area contributed by atoms with E-state index in [9.17, 15) is 4.39 Å². The van der Waals surface area contributed by atoms with Crippen LogP contribution in [0, 0.1) is 5.82 Å². The van der Waals surface area contributed by atoms with Crippen LogP contribution in [0.5, 0.6) is 5.75 Å². The van der Waals surface area contributed by atoms with Crippen LogP contribution in [0.3, 0.4) is 0 Å². The number of rotatable bonds is 5. The summed E-state index contributed by atoms with van der Waals surface area (Å²) in [6.45, 7) is 5.82. The molecule has 2 N–H and O–H groups in total. The molecular weight excluding hydrogens is 193 g/mol. The molecule has 0 heterocycles. The van der Waals surface area contributed by atoms with E-state index in [2.05, 4.69) is 6.58 Å². The lowest BCUT2D eigenvalue weighted by Gasteiger charge is -2.09.